The van der Waals surface area contributed by atoms with E-state index in [9.17, 15) is 0 Å². The SMILES string of the molecule is c1ccc(-c2cccc(-c3nc(-c4ccc(-c5ccc(-c6ccccc6)c(-c6ccccc6)c5)cc4)nc(-c4cc5ccccc5s4)n3)c2)cc1. The van der Waals surface area contributed by atoms with Gasteiger partial charge in [0.2, 0.25) is 0 Å². The number of hydrogen-bond acceptors (Lipinski definition) is 4. The minimum atomic E-state index is 0.647. The summed E-state index contributed by atoms with van der Waals surface area (Å²) in [6.07, 6.45) is 0. The van der Waals surface area contributed by atoms with Crippen LogP contribution in [0.3, 0.4) is 0 Å². The van der Waals surface area contributed by atoms with E-state index in [1.807, 2.05) is 6.07 Å². The van der Waals surface area contributed by atoms with Crippen molar-refractivity contribution in [1.29, 1.82) is 0 Å². The highest BCUT2D eigenvalue weighted by molar-refractivity contribution is 7.22. The lowest BCUT2D eigenvalue weighted by atomic mass is 9.91. The molecule has 9 rings (SSSR count). The molecule has 0 amide bonds. The molecule has 0 radical (unpaired) electrons. The van der Waals surface area contributed by atoms with Crippen LogP contribution in [0.2, 0.25) is 0 Å². The Morgan fingerprint density at radius 3 is 1.49 bits per heavy atom. The van der Waals surface area contributed by atoms with Crippen molar-refractivity contribution in [2.45, 2.75) is 0 Å². The minimum Gasteiger partial charge on any atom is -0.208 e. The molecule has 0 N–H and O–H groups in total. The van der Waals surface area contributed by atoms with Crippen molar-refractivity contribution in [2.75, 3.05) is 0 Å². The summed E-state index contributed by atoms with van der Waals surface area (Å²) in [5.74, 6) is 1.97. The summed E-state index contributed by atoms with van der Waals surface area (Å²) in [6, 6.07) is 66.0. The van der Waals surface area contributed by atoms with Gasteiger partial charge in [0.05, 0.1) is 4.88 Å². The van der Waals surface area contributed by atoms with E-state index in [1.165, 1.54) is 32.3 Å². The topological polar surface area (TPSA) is 38.7 Å². The van der Waals surface area contributed by atoms with E-state index >= 15 is 0 Å². The highest BCUT2D eigenvalue weighted by Crippen LogP contribution is 2.37. The second-order valence-corrected chi connectivity index (χ2v) is 13.6. The molecule has 0 saturated heterocycles. The summed E-state index contributed by atoms with van der Waals surface area (Å²) in [4.78, 5) is 16.2. The summed E-state index contributed by atoms with van der Waals surface area (Å²) >= 11 is 1.70. The zero-order valence-corrected chi connectivity index (χ0v) is 28.5. The first kappa shape index (κ1) is 30.6. The maximum absolute atomic E-state index is 5.07. The number of rotatable bonds is 7. The zero-order chi connectivity index (χ0) is 34.0. The number of benzene rings is 7. The predicted molar refractivity (Wildman–Crippen MR) is 213 cm³/mol. The van der Waals surface area contributed by atoms with Crippen LogP contribution in [0, 0.1) is 0 Å². The summed E-state index contributed by atoms with van der Waals surface area (Å²) in [5.41, 5.74) is 11.3. The second kappa shape index (κ2) is 13.4. The van der Waals surface area contributed by atoms with Crippen LogP contribution in [-0.4, -0.2) is 15.0 Å². The molecule has 0 aliphatic carbocycles. The zero-order valence-electron chi connectivity index (χ0n) is 27.6. The Balaban J connectivity index is 1.13. The average molecular weight is 670 g/mol. The van der Waals surface area contributed by atoms with Crippen LogP contribution < -0.4 is 0 Å². The van der Waals surface area contributed by atoms with E-state index in [1.54, 1.807) is 11.3 Å². The molecule has 0 fully saturated rings. The van der Waals surface area contributed by atoms with Crippen LogP contribution in [-0.2, 0) is 0 Å². The van der Waals surface area contributed by atoms with Crippen molar-refractivity contribution in [3.63, 3.8) is 0 Å². The smallest absolute Gasteiger partial charge is 0.174 e. The summed E-state index contributed by atoms with van der Waals surface area (Å²) in [7, 11) is 0. The normalized spacial score (nSPS) is 11.1. The quantitative estimate of drug-likeness (QED) is 0.169. The maximum atomic E-state index is 5.07. The van der Waals surface area contributed by atoms with Gasteiger partial charge in [0.1, 0.15) is 0 Å². The number of nitrogens with zero attached hydrogens (tertiary/aromatic N) is 3. The molecule has 0 spiro atoms. The van der Waals surface area contributed by atoms with Gasteiger partial charge in [-0.1, -0.05) is 164 Å². The van der Waals surface area contributed by atoms with E-state index in [4.69, 9.17) is 15.0 Å². The lowest BCUT2D eigenvalue weighted by Crippen LogP contribution is -1.99. The highest BCUT2D eigenvalue weighted by Gasteiger charge is 2.16. The molecule has 2 heterocycles. The summed E-state index contributed by atoms with van der Waals surface area (Å²) in [5, 5.41) is 1.18. The van der Waals surface area contributed by atoms with Crippen LogP contribution >= 0.6 is 11.3 Å². The van der Waals surface area contributed by atoms with Crippen molar-refractivity contribution in [3.8, 4) is 78.0 Å². The fourth-order valence-electron chi connectivity index (χ4n) is 6.57. The molecule has 0 aliphatic heterocycles. The Hall–Kier alpha value is -6.49. The largest absolute Gasteiger partial charge is 0.208 e. The van der Waals surface area contributed by atoms with Crippen LogP contribution in [0.25, 0.3) is 88.1 Å². The molecule has 9 aromatic rings. The molecule has 0 bridgehead atoms. The molecule has 0 unspecified atom stereocenters. The molecular formula is C47H31N3S. The van der Waals surface area contributed by atoms with Gasteiger partial charge in [-0.25, -0.2) is 15.0 Å². The Labute approximate surface area is 301 Å². The Kier molecular flexibility index (Phi) is 8.05. The highest BCUT2D eigenvalue weighted by atomic mass is 32.1. The van der Waals surface area contributed by atoms with Crippen molar-refractivity contribution in [3.05, 3.63) is 188 Å². The van der Waals surface area contributed by atoms with E-state index in [-0.39, 0.29) is 0 Å². The first-order valence-electron chi connectivity index (χ1n) is 17.0. The average Bonchev–Trinajstić information content (AvgIpc) is 3.66. The third-order valence-electron chi connectivity index (χ3n) is 9.17. The van der Waals surface area contributed by atoms with Crippen LogP contribution in [0.4, 0.5) is 0 Å². The molecule has 7 aromatic carbocycles. The van der Waals surface area contributed by atoms with E-state index < -0.39 is 0 Å². The maximum Gasteiger partial charge on any atom is 0.174 e. The lowest BCUT2D eigenvalue weighted by Gasteiger charge is -2.13. The van der Waals surface area contributed by atoms with Gasteiger partial charge < -0.3 is 0 Å². The van der Waals surface area contributed by atoms with Gasteiger partial charge >= 0.3 is 0 Å². The van der Waals surface area contributed by atoms with E-state index in [2.05, 4.69) is 182 Å². The third kappa shape index (κ3) is 6.25. The van der Waals surface area contributed by atoms with Gasteiger partial charge in [-0.2, -0.15) is 0 Å². The van der Waals surface area contributed by atoms with Crippen molar-refractivity contribution in [2.24, 2.45) is 0 Å². The number of aromatic nitrogens is 3. The van der Waals surface area contributed by atoms with Gasteiger partial charge in [0, 0.05) is 15.8 Å². The molecule has 2 aromatic heterocycles. The number of fused-ring (bicyclic) bond motifs is 1. The minimum absolute atomic E-state index is 0.647. The van der Waals surface area contributed by atoms with Gasteiger partial charge in [-0.3, -0.25) is 0 Å². The molecular weight excluding hydrogens is 639 g/mol. The van der Waals surface area contributed by atoms with Crippen molar-refractivity contribution < 1.29 is 0 Å². The third-order valence-corrected chi connectivity index (χ3v) is 10.3. The molecule has 0 atom stereocenters. The van der Waals surface area contributed by atoms with Gasteiger partial charge in [0.25, 0.3) is 0 Å². The van der Waals surface area contributed by atoms with Crippen molar-refractivity contribution >= 4 is 21.4 Å². The molecule has 0 saturated carbocycles. The molecule has 51 heavy (non-hydrogen) atoms. The predicted octanol–water partition coefficient (Wildman–Crippen LogP) is 12.8. The molecule has 3 nitrogen and oxygen atoms in total. The van der Waals surface area contributed by atoms with Gasteiger partial charge in [-0.05, 0) is 74.2 Å². The Morgan fingerprint density at radius 2 is 0.784 bits per heavy atom. The fraction of sp³-hybridized carbons (Fsp3) is 0. The molecule has 240 valence electrons. The first-order valence-corrected chi connectivity index (χ1v) is 17.8. The van der Waals surface area contributed by atoms with Crippen LogP contribution in [0.15, 0.2) is 188 Å². The van der Waals surface area contributed by atoms with Gasteiger partial charge in [-0.15, -0.1) is 11.3 Å². The second-order valence-electron chi connectivity index (χ2n) is 12.5. The number of hydrogen-bond donors (Lipinski definition) is 0. The van der Waals surface area contributed by atoms with Crippen LogP contribution in [0.1, 0.15) is 0 Å². The van der Waals surface area contributed by atoms with Gasteiger partial charge in [0.15, 0.2) is 17.5 Å². The monoisotopic (exact) mass is 669 g/mol. The summed E-state index contributed by atoms with van der Waals surface area (Å²) in [6.45, 7) is 0. The molecule has 0 aliphatic rings. The number of thiophene rings is 1. The van der Waals surface area contributed by atoms with Crippen molar-refractivity contribution in [1.82, 2.24) is 15.0 Å². The lowest BCUT2D eigenvalue weighted by molar-refractivity contribution is 1.08. The Morgan fingerprint density at radius 1 is 0.294 bits per heavy atom. The Bertz CT molecular complexity index is 2580. The standard InChI is InChI=1S/C47H31N3S/c1-4-13-32(14-5-1)37-20-12-21-40(29-37)46-48-45(49-47(50-46)44-31-39-19-10-11-22-43(39)51-44)36-25-23-33(24-26-36)38-27-28-41(34-15-6-2-7-16-34)42(30-38)35-17-8-3-9-18-35/h1-31H. The molecule has 4 heteroatoms. The summed E-state index contributed by atoms with van der Waals surface area (Å²) < 4.78 is 1.21. The van der Waals surface area contributed by atoms with E-state index in [0.29, 0.717) is 17.5 Å². The first-order chi connectivity index (χ1) is 25.2. The van der Waals surface area contributed by atoms with Crippen LogP contribution in [0.5, 0.6) is 0 Å². The fourth-order valence-corrected chi connectivity index (χ4v) is 7.56. The van der Waals surface area contributed by atoms with E-state index in [0.717, 1.165) is 38.3 Å².